The van der Waals surface area contributed by atoms with Gasteiger partial charge < -0.3 is 15.0 Å². The molecule has 0 aromatic carbocycles. The molecule has 0 amide bonds. The van der Waals surface area contributed by atoms with Crippen molar-refractivity contribution >= 4 is 5.69 Å². The van der Waals surface area contributed by atoms with Crippen LogP contribution in [0.3, 0.4) is 0 Å². The molecule has 0 saturated carbocycles. The van der Waals surface area contributed by atoms with Crippen molar-refractivity contribution < 1.29 is 4.74 Å². The second-order valence-corrected chi connectivity index (χ2v) is 5.49. The van der Waals surface area contributed by atoms with E-state index in [2.05, 4.69) is 22.2 Å². The van der Waals surface area contributed by atoms with Crippen molar-refractivity contribution in [2.45, 2.75) is 26.0 Å². The lowest BCUT2D eigenvalue weighted by Crippen LogP contribution is -2.30. The average molecular weight is 280 g/mol. The van der Waals surface area contributed by atoms with Gasteiger partial charge in [-0.3, -0.25) is 4.79 Å². The zero-order chi connectivity index (χ0) is 14.5. The summed E-state index contributed by atoms with van der Waals surface area (Å²) in [5.41, 5.74) is 0.860. The van der Waals surface area contributed by atoms with Crippen LogP contribution in [-0.2, 0) is 11.3 Å². The summed E-state index contributed by atoms with van der Waals surface area (Å²) < 4.78 is 6.88. The number of nitrogens with one attached hydrogen (secondary N) is 1. The van der Waals surface area contributed by atoms with Crippen LogP contribution in [0.2, 0.25) is 0 Å². The molecule has 0 spiro atoms. The molecule has 2 unspecified atom stereocenters. The largest absolute Gasteiger partial charge is 0.380 e. The highest BCUT2D eigenvalue weighted by atomic mass is 16.5. The molecule has 1 aliphatic rings. The first-order valence-electron chi connectivity index (χ1n) is 7.13. The number of methoxy groups -OCH3 is 1. The number of hydrogen-bond donors (Lipinski definition) is 1. The zero-order valence-electron chi connectivity index (χ0n) is 12.5. The Hall–Kier alpha value is -1.40. The highest BCUT2D eigenvalue weighted by molar-refractivity contribution is 5.44. The highest BCUT2D eigenvalue weighted by Crippen LogP contribution is 2.19. The maximum absolute atomic E-state index is 12.1. The Morgan fingerprint density at radius 1 is 1.60 bits per heavy atom. The van der Waals surface area contributed by atoms with Crippen LogP contribution in [0.25, 0.3) is 0 Å². The van der Waals surface area contributed by atoms with Crippen LogP contribution >= 0.6 is 0 Å². The third kappa shape index (κ3) is 3.58. The van der Waals surface area contributed by atoms with E-state index in [4.69, 9.17) is 4.74 Å². The molecule has 0 radical (unpaired) electrons. The summed E-state index contributed by atoms with van der Waals surface area (Å²) in [6.45, 7) is 5.36. The van der Waals surface area contributed by atoms with Crippen molar-refractivity contribution in [1.29, 1.82) is 0 Å². The molecule has 0 aliphatic carbocycles. The maximum Gasteiger partial charge on any atom is 0.268 e. The number of ether oxygens (including phenoxy) is 1. The first kappa shape index (κ1) is 15.0. The molecular formula is C14H24N4O2. The van der Waals surface area contributed by atoms with Gasteiger partial charge in [-0.05, 0) is 25.9 Å². The van der Waals surface area contributed by atoms with Crippen molar-refractivity contribution in [3.05, 3.63) is 22.6 Å². The number of hydrogen-bond acceptors (Lipinski definition) is 5. The molecule has 1 N–H and O–H groups in total. The molecule has 1 aliphatic heterocycles. The van der Waals surface area contributed by atoms with E-state index < -0.39 is 0 Å². The van der Waals surface area contributed by atoms with Crippen molar-refractivity contribution in [3.8, 4) is 0 Å². The molecule has 1 saturated heterocycles. The molecular weight excluding hydrogens is 256 g/mol. The van der Waals surface area contributed by atoms with Crippen LogP contribution in [0.1, 0.15) is 13.3 Å². The van der Waals surface area contributed by atoms with Crippen LogP contribution in [0, 0.1) is 5.92 Å². The minimum Gasteiger partial charge on any atom is -0.380 e. The second-order valence-electron chi connectivity index (χ2n) is 5.49. The van der Waals surface area contributed by atoms with E-state index in [0.717, 1.165) is 31.7 Å². The smallest absolute Gasteiger partial charge is 0.268 e. The molecule has 1 fully saturated rings. The number of rotatable bonds is 6. The molecule has 2 heterocycles. The first-order valence-corrected chi connectivity index (χ1v) is 7.13. The Morgan fingerprint density at radius 3 is 3.00 bits per heavy atom. The van der Waals surface area contributed by atoms with Gasteiger partial charge in [0.2, 0.25) is 0 Å². The fraction of sp³-hybridized carbons (Fsp3) is 0.714. The SMILES string of the molecule is CNCC(C)Cn1ncc(N2CCC(OC)C2)cc1=O. The lowest BCUT2D eigenvalue weighted by atomic mass is 10.2. The predicted octanol–water partition coefficient (Wildman–Crippen LogP) is 0.324. The summed E-state index contributed by atoms with van der Waals surface area (Å²) in [5.74, 6) is 0.376. The van der Waals surface area contributed by atoms with Gasteiger partial charge in [0.05, 0.1) is 18.0 Å². The van der Waals surface area contributed by atoms with E-state index in [0.29, 0.717) is 12.5 Å². The minimum atomic E-state index is -0.0358. The lowest BCUT2D eigenvalue weighted by molar-refractivity contribution is 0.121. The quantitative estimate of drug-likeness (QED) is 0.813. The van der Waals surface area contributed by atoms with E-state index in [1.54, 1.807) is 19.4 Å². The Kier molecular flexibility index (Phi) is 5.14. The van der Waals surface area contributed by atoms with Gasteiger partial charge in [-0.15, -0.1) is 0 Å². The minimum absolute atomic E-state index is 0.0358. The molecule has 2 atom stereocenters. The average Bonchev–Trinajstić information content (AvgIpc) is 2.90. The van der Waals surface area contributed by atoms with Gasteiger partial charge in [0.25, 0.3) is 5.56 Å². The summed E-state index contributed by atoms with van der Waals surface area (Å²) in [5, 5.41) is 7.40. The highest BCUT2D eigenvalue weighted by Gasteiger charge is 2.22. The van der Waals surface area contributed by atoms with Crippen LogP contribution in [0.15, 0.2) is 17.1 Å². The normalized spacial score (nSPS) is 20.4. The zero-order valence-corrected chi connectivity index (χ0v) is 12.5. The standard InChI is InChI=1S/C14H24N4O2/c1-11(7-15-2)9-18-14(19)6-12(8-16-18)17-5-4-13(10-17)20-3/h6,8,11,13,15H,4-5,7,9-10H2,1-3H3. The van der Waals surface area contributed by atoms with E-state index in [1.165, 1.54) is 4.68 Å². The van der Waals surface area contributed by atoms with E-state index in [9.17, 15) is 4.79 Å². The number of anilines is 1. The topological polar surface area (TPSA) is 59.4 Å². The van der Waals surface area contributed by atoms with Gasteiger partial charge in [-0.1, -0.05) is 6.92 Å². The third-order valence-corrected chi connectivity index (χ3v) is 3.74. The fourth-order valence-electron chi connectivity index (χ4n) is 2.60. The van der Waals surface area contributed by atoms with Gasteiger partial charge in [0, 0.05) is 32.8 Å². The Morgan fingerprint density at radius 2 is 2.40 bits per heavy atom. The summed E-state index contributed by atoms with van der Waals surface area (Å²) in [6.07, 6.45) is 3.04. The van der Waals surface area contributed by atoms with Crippen molar-refractivity contribution in [2.75, 3.05) is 38.7 Å². The van der Waals surface area contributed by atoms with Crippen LogP contribution in [-0.4, -0.2) is 49.7 Å². The first-order chi connectivity index (χ1) is 9.63. The summed E-state index contributed by atoms with van der Waals surface area (Å²) >= 11 is 0. The Bertz CT molecular complexity index is 488. The molecule has 6 nitrogen and oxygen atoms in total. The number of nitrogens with zero attached hydrogens (tertiary/aromatic N) is 3. The molecule has 112 valence electrons. The summed E-state index contributed by atoms with van der Waals surface area (Å²) in [7, 11) is 3.64. The van der Waals surface area contributed by atoms with Crippen LogP contribution in [0.5, 0.6) is 0 Å². The summed E-state index contributed by atoms with van der Waals surface area (Å²) in [6, 6.07) is 1.68. The van der Waals surface area contributed by atoms with Crippen molar-refractivity contribution in [1.82, 2.24) is 15.1 Å². The lowest BCUT2D eigenvalue weighted by Gasteiger charge is -2.18. The van der Waals surface area contributed by atoms with Gasteiger partial charge >= 0.3 is 0 Å². The van der Waals surface area contributed by atoms with E-state index in [1.807, 2.05) is 7.05 Å². The second kappa shape index (κ2) is 6.85. The van der Waals surface area contributed by atoms with Crippen LogP contribution in [0.4, 0.5) is 5.69 Å². The van der Waals surface area contributed by atoms with E-state index in [-0.39, 0.29) is 11.7 Å². The predicted molar refractivity (Wildman–Crippen MR) is 79.2 cm³/mol. The van der Waals surface area contributed by atoms with Crippen LogP contribution < -0.4 is 15.8 Å². The molecule has 6 heteroatoms. The molecule has 1 aromatic rings. The Labute approximate surface area is 119 Å². The Balaban J connectivity index is 2.04. The van der Waals surface area contributed by atoms with Gasteiger partial charge in [0.15, 0.2) is 0 Å². The maximum atomic E-state index is 12.1. The monoisotopic (exact) mass is 280 g/mol. The van der Waals surface area contributed by atoms with Crippen molar-refractivity contribution in [3.63, 3.8) is 0 Å². The molecule has 1 aromatic heterocycles. The van der Waals surface area contributed by atoms with Gasteiger partial charge in [-0.25, -0.2) is 4.68 Å². The third-order valence-electron chi connectivity index (χ3n) is 3.74. The fourth-order valence-corrected chi connectivity index (χ4v) is 2.60. The molecule has 2 rings (SSSR count). The van der Waals surface area contributed by atoms with Crippen molar-refractivity contribution in [2.24, 2.45) is 5.92 Å². The molecule has 0 bridgehead atoms. The number of aromatic nitrogens is 2. The van der Waals surface area contributed by atoms with Gasteiger partial charge in [0.1, 0.15) is 0 Å². The van der Waals surface area contributed by atoms with E-state index >= 15 is 0 Å². The molecule has 20 heavy (non-hydrogen) atoms. The summed E-state index contributed by atoms with van der Waals surface area (Å²) in [4.78, 5) is 14.3. The van der Waals surface area contributed by atoms with Gasteiger partial charge in [-0.2, -0.15) is 5.10 Å².